The molecule has 0 saturated heterocycles. The molecule has 5 heteroatoms. The molecule has 1 aromatic heterocycles. The first-order valence-electron chi connectivity index (χ1n) is 5.52. The number of benzene rings is 1. The lowest BCUT2D eigenvalue weighted by Gasteiger charge is -2.04. The fraction of sp³-hybridized carbons (Fsp3) is 0.333. The molecule has 0 saturated carbocycles. The van der Waals surface area contributed by atoms with E-state index >= 15 is 0 Å². The average molecular weight is 253 g/mol. The smallest absolute Gasteiger partial charge is 0.264 e. The van der Waals surface area contributed by atoms with E-state index in [0.29, 0.717) is 5.89 Å². The lowest BCUT2D eigenvalue weighted by Crippen LogP contribution is -1.95. The molecule has 0 aliphatic carbocycles. The number of aromatic nitrogens is 2. The van der Waals surface area contributed by atoms with Gasteiger partial charge in [0.1, 0.15) is 5.75 Å². The number of rotatable bonds is 5. The van der Waals surface area contributed by atoms with Crippen molar-refractivity contribution in [3.05, 3.63) is 29.5 Å². The number of halogens is 1. The summed E-state index contributed by atoms with van der Waals surface area (Å²) in [6.45, 7) is 2.87. The summed E-state index contributed by atoms with van der Waals surface area (Å²) in [5.74, 6) is 1.25. The van der Waals surface area contributed by atoms with Crippen molar-refractivity contribution in [2.45, 2.75) is 19.8 Å². The average Bonchev–Trinajstić information content (AvgIpc) is 2.77. The largest absolute Gasteiger partial charge is 0.494 e. The Morgan fingerprint density at radius 3 is 2.65 bits per heavy atom. The lowest BCUT2D eigenvalue weighted by atomic mass is 10.2. The van der Waals surface area contributed by atoms with Gasteiger partial charge in [0.15, 0.2) is 0 Å². The van der Waals surface area contributed by atoms with Crippen LogP contribution in [0.2, 0.25) is 5.28 Å². The van der Waals surface area contributed by atoms with Gasteiger partial charge in [-0.05, 0) is 47.4 Å². The minimum atomic E-state index is 0.114. The maximum Gasteiger partial charge on any atom is 0.264 e. The van der Waals surface area contributed by atoms with Crippen LogP contribution < -0.4 is 4.74 Å². The van der Waals surface area contributed by atoms with E-state index in [1.165, 1.54) is 0 Å². The Morgan fingerprint density at radius 2 is 2.06 bits per heavy atom. The molecule has 2 aromatic rings. The Bertz CT molecular complexity index is 468. The topological polar surface area (TPSA) is 48.2 Å². The first kappa shape index (κ1) is 11.9. The lowest BCUT2D eigenvalue weighted by molar-refractivity contribution is 0.309. The van der Waals surface area contributed by atoms with Crippen LogP contribution in [0.3, 0.4) is 0 Å². The Morgan fingerprint density at radius 1 is 1.29 bits per heavy atom. The van der Waals surface area contributed by atoms with E-state index in [0.717, 1.165) is 30.8 Å². The third kappa shape index (κ3) is 3.20. The fourth-order valence-electron chi connectivity index (χ4n) is 1.35. The molecular weight excluding hydrogens is 240 g/mol. The molecule has 17 heavy (non-hydrogen) atoms. The van der Waals surface area contributed by atoms with Crippen LogP contribution in [0.15, 0.2) is 28.8 Å². The zero-order chi connectivity index (χ0) is 12.1. The van der Waals surface area contributed by atoms with Crippen LogP contribution in [0.4, 0.5) is 0 Å². The van der Waals surface area contributed by atoms with Crippen molar-refractivity contribution in [1.82, 2.24) is 10.1 Å². The van der Waals surface area contributed by atoms with Gasteiger partial charge in [-0.1, -0.05) is 13.3 Å². The van der Waals surface area contributed by atoms with Crippen LogP contribution in [0.1, 0.15) is 19.8 Å². The van der Waals surface area contributed by atoms with Gasteiger partial charge in [-0.2, -0.15) is 4.98 Å². The standard InChI is InChI=1S/C12H13ClN2O2/c1-2-3-8-16-10-6-4-9(5-7-10)11-14-12(13)15-17-11/h4-7H,2-3,8H2,1H3. The van der Waals surface area contributed by atoms with E-state index in [2.05, 4.69) is 17.1 Å². The molecule has 0 aliphatic heterocycles. The molecule has 0 N–H and O–H groups in total. The summed E-state index contributed by atoms with van der Waals surface area (Å²) in [5.41, 5.74) is 0.826. The molecule has 2 rings (SSSR count). The summed E-state index contributed by atoms with van der Waals surface area (Å²) >= 11 is 5.59. The normalized spacial score (nSPS) is 10.5. The molecule has 4 nitrogen and oxygen atoms in total. The molecular formula is C12H13ClN2O2. The molecule has 90 valence electrons. The number of ether oxygens (including phenoxy) is 1. The second-order valence-electron chi connectivity index (χ2n) is 3.59. The van der Waals surface area contributed by atoms with E-state index in [1.54, 1.807) is 0 Å². The predicted molar refractivity (Wildman–Crippen MR) is 65.1 cm³/mol. The molecule has 1 heterocycles. The highest BCUT2D eigenvalue weighted by Crippen LogP contribution is 2.21. The summed E-state index contributed by atoms with van der Waals surface area (Å²) in [5, 5.41) is 3.64. The van der Waals surface area contributed by atoms with Gasteiger partial charge in [-0.3, -0.25) is 0 Å². The van der Waals surface area contributed by atoms with Crippen LogP contribution in [0, 0.1) is 0 Å². The summed E-state index contributed by atoms with van der Waals surface area (Å²) in [7, 11) is 0. The third-order valence-corrected chi connectivity index (χ3v) is 2.42. The number of unbranched alkanes of at least 4 members (excludes halogenated alkanes) is 1. The Balaban J connectivity index is 2.02. The quantitative estimate of drug-likeness (QED) is 0.764. The first-order valence-corrected chi connectivity index (χ1v) is 5.90. The van der Waals surface area contributed by atoms with Crippen molar-refractivity contribution >= 4 is 11.6 Å². The van der Waals surface area contributed by atoms with Gasteiger partial charge in [0.25, 0.3) is 11.2 Å². The fourth-order valence-corrected chi connectivity index (χ4v) is 1.46. The highest BCUT2D eigenvalue weighted by molar-refractivity contribution is 6.28. The van der Waals surface area contributed by atoms with Crippen molar-refractivity contribution < 1.29 is 9.26 Å². The number of nitrogens with zero attached hydrogens (tertiary/aromatic N) is 2. The predicted octanol–water partition coefficient (Wildman–Crippen LogP) is 3.57. The molecule has 0 atom stereocenters. The number of hydrogen-bond acceptors (Lipinski definition) is 4. The van der Waals surface area contributed by atoms with E-state index in [9.17, 15) is 0 Å². The molecule has 0 unspecified atom stereocenters. The van der Waals surface area contributed by atoms with Gasteiger partial charge in [0.2, 0.25) is 0 Å². The molecule has 0 spiro atoms. The Hall–Kier alpha value is -1.55. The van der Waals surface area contributed by atoms with Gasteiger partial charge in [-0.15, -0.1) is 0 Å². The second-order valence-corrected chi connectivity index (χ2v) is 3.93. The summed E-state index contributed by atoms with van der Waals surface area (Å²) in [4.78, 5) is 3.93. The highest BCUT2D eigenvalue weighted by Gasteiger charge is 2.06. The van der Waals surface area contributed by atoms with Crippen LogP contribution in [-0.4, -0.2) is 16.7 Å². The summed E-state index contributed by atoms with van der Waals surface area (Å²) in [6, 6.07) is 7.49. The SMILES string of the molecule is CCCCOc1ccc(-c2nc(Cl)no2)cc1. The second kappa shape index (κ2) is 5.68. The van der Waals surface area contributed by atoms with Gasteiger partial charge in [-0.25, -0.2) is 0 Å². The molecule has 0 aliphatic rings. The monoisotopic (exact) mass is 252 g/mol. The van der Waals surface area contributed by atoms with Crippen molar-refractivity contribution in [2.24, 2.45) is 0 Å². The molecule has 0 amide bonds. The minimum Gasteiger partial charge on any atom is -0.494 e. The molecule has 0 fully saturated rings. The van der Waals surface area contributed by atoms with E-state index < -0.39 is 0 Å². The van der Waals surface area contributed by atoms with Crippen molar-refractivity contribution in [3.8, 4) is 17.2 Å². The maximum atomic E-state index is 5.59. The zero-order valence-electron chi connectivity index (χ0n) is 9.52. The Labute approximate surface area is 105 Å². The van der Waals surface area contributed by atoms with E-state index in [4.69, 9.17) is 20.9 Å². The summed E-state index contributed by atoms with van der Waals surface area (Å²) in [6.07, 6.45) is 2.18. The highest BCUT2D eigenvalue weighted by atomic mass is 35.5. The molecule has 1 aromatic carbocycles. The van der Waals surface area contributed by atoms with Crippen LogP contribution in [0.25, 0.3) is 11.5 Å². The van der Waals surface area contributed by atoms with Crippen molar-refractivity contribution in [3.63, 3.8) is 0 Å². The van der Waals surface area contributed by atoms with Gasteiger partial charge < -0.3 is 9.26 Å². The van der Waals surface area contributed by atoms with Crippen LogP contribution in [0.5, 0.6) is 5.75 Å². The van der Waals surface area contributed by atoms with Gasteiger partial charge >= 0.3 is 0 Å². The minimum absolute atomic E-state index is 0.114. The zero-order valence-corrected chi connectivity index (χ0v) is 10.3. The maximum absolute atomic E-state index is 5.59. The summed E-state index contributed by atoms with van der Waals surface area (Å²) < 4.78 is 10.5. The Kier molecular flexibility index (Phi) is 3.98. The van der Waals surface area contributed by atoms with Crippen molar-refractivity contribution in [1.29, 1.82) is 0 Å². The van der Waals surface area contributed by atoms with Crippen LogP contribution in [-0.2, 0) is 0 Å². The molecule has 0 bridgehead atoms. The van der Waals surface area contributed by atoms with Crippen LogP contribution >= 0.6 is 11.6 Å². The van der Waals surface area contributed by atoms with Gasteiger partial charge in [0, 0.05) is 5.56 Å². The number of hydrogen-bond donors (Lipinski definition) is 0. The molecule has 0 radical (unpaired) electrons. The first-order chi connectivity index (χ1) is 8.29. The van der Waals surface area contributed by atoms with E-state index in [1.807, 2.05) is 24.3 Å². The van der Waals surface area contributed by atoms with E-state index in [-0.39, 0.29) is 5.28 Å². The third-order valence-electron chi connectivity index (χ3n) is 2.27. The van der Waals surface area contributed by atoms with Gasteiger partial charge in [0.05, 0.1) is 6.61 Å². The van der Waals surface area contributed by atoms with Crippen molar-refractivity contribution in [2.75, 3.05) is 6.61 Å².